The topological polar surface area (TPSA) is 12.0 Å². The van der Waals surface area contributed by atoms with Crippen molar-refractivity contribution in [3.8, 4) is 0 Å². The molecule has 0 saturated carbocycles. The molecule has 0 bridgehead atoms. The Labute approximate surface area is 103 Å². The predicted molar refractivity (Wildman–Crippen MR) is 72.3 cm³/mol. The van der Waals surface area contributed by atoms with Crippen molar-refractivity contribution in [2.45, 2.75) is 42.8 Å². The van der Waals surface area contributed by atoms with Crippen molar-refractivity contribution >= 4 is 11.8 Å². The summed E-state index contributed by atoms with van der Waals surface area (Å²) in [5.74, 6) is 0.777. The molecule has 1 fully saturated rings. The van der Waals surface area contributed by atoms with Crippen LogP contribution in [0.1, 0.15) is 38.2 Å². The fourth-order valence-electron chi connectivity index (χ4n) is 2.25. The Balaban J connectivity index is 2.00. The van der Waals surface area contributed by atoms with Crippen LogP contribution < -0.4 is 5.32 Å². The first-order valence-electron chi connectivity index (χ1n) is 6.23. The molecule has 1 aliphatic heterocycles. The second kappa shape index (κ2) is 5.74. The highest BCUT2D eigenvalue weighted by Gasteiger charge is 2.14. The second-order valence-electron chi connectivity index (χ2n) is 4.76. The van der Waals surface area contributed by atoms with Gasteiger partial charge in [-0.15, -0.1) is 11.8 Å². The fraction of sp³-hybridized carbons (Fsp3) is 0.571. The molecule has 2 heteroatoms. The molecule has 0 atom stereocenters. The Morgan fingerprint density at radius 2 is 1.75 bits per heavy atom. The number of benzene rings is 1. The second-order valence-corrected chi connectivity index (χ2v) is 6.41. The summed E-state index contributed by atoms with van der Waals surface area (Å²) in [6, 6.07) is 9.20. The quantitative estimate of drug-likeness (QED) is 0.803. The number of hydrogen-bond donors (Lipinski definition) is 1. The molecule has 0 radical (unpaired) electrons. The Hall–Kier alpha value is -0.470. The van der Waals surface area contributed by atoms with Crippen molar-refractivity contribution in [3.05, 3.63) is 29.8 Å². The molecule has 1 aromatic rings. The van der Waals surface area contributed by atoms with Crippen LogP contribution >= 0.6 is 11.8 Å². The highest BCUT2D eigenvalue weighted by Crippen LogP contribution is 2.28. The first kappa shape index (κ1) is 12.0. The molecule has 0 amide bonds. The van der Waals surface area contributed by atoms with Crippen molar-refractivity contribution in [1.82, 2.24) is 5.32 Å². The number of piperidine rings is 1. The minimum Gasteiger partial charge on any atom is -0.317 e. The van der Waals surface area contributed by atoms with Crippen molar-refractivity contribution < 1.29 is 0 Å². The van der Waals surface area contributed by atoms with E-state index in [1.807, 2.05) is 11.8 Å². The van der Waals surface area contributed by atoms with Crippen LogP contribution in [0.5, 0.6) is 0 Å². The number of thioether (sulfide) groups is 1. The van der Waals surface area contributed by atoms with Crippen LogP contribution in [0.3, 0.4) is 0 Å². The van der Waals surface area contributed by atoms with E-state index < -0.39 is 0 Å². The molecule has 0 unspecified atom stereocenters. The molecule has 1 nitrogen and oxygen atoms in total. The van der Waals surface area contributed by atoms with Crippen LogP contribution in [-0.4, -0.2) is 18.3 Å². The lowest BCUT2D eigenvalue weighted by atomic mass is 9.90. The lowest BCUT2D eigenvalue weighted by Crippen LogP contribution is -2.26. The van der Waals surface area contributed by atoms with Gasteiger partial charge in [-0.1, -0.05) is 26.0 Å². The largest absolute Gasteiger partial charge is 0.317 e. The van der Waals surface area contributed by atoms with Gasteiger partial charge in [0.2, 0.25) is 0 Å². The van der Waals surface area contributed by atoms with Gasteiger partial charge in [0.05, 0.1) is 0 Å². The maximum absolute atomic E-state index is 3.42. The van der Waals surface area contributed by atoms with Crippen LogP contribution in [0.4, 0.5) is 0 Å². The van der Waals surface area contributed by atoms with Crippen molar-refractivity contribution in [2.75, 3.05) is 13.1 Å². The average Bonchev–Trinajstić information content (AvgIpc) is 2.30. The molecular weight excluding hydrogens is 214 g/mol. The summed E-state index contributed by atoms with van der Waals surface area (Å²) in [5, 5.41) is 4.09. The summed E-state index contributed by atoms with van der Waals surface area (Å²) in [7, 11) is 0. The molecule has 1 saturated heterocycles. The third-order valence-corrected chi connectivity index (χ3v) is 4.08. The zero-order valence-electron chi connectivity index (χ0n) is 10.2. The van der Waals surface area contributed by atoms with Crippen LogP contribution in [0.15, 0.2) is 29.2 Å². The predicted octanol–water partition coefficient (Wildman–Crippen LogP) is 3.65. The minimum absolute atomic E-state index is 0.671. The summed E-state index contributed by atoms with van der Waals surface area (Å²) >= 11 is 1.94. The SMILES string of the molecule is CC(C)Sc1ccc(C2CCNCC2)cc1. The number of rotatable bonds is 3. The first-order chi connectivity index (χ1) is 7.75. The van der Waals surface area contributed by atoms with E-state index in [2.05, 4.69) is 43.4 Å². The van der Waals surface area contributed by atoms with E-state index in [9.17, 15) is 0 Å². The third-order valence-electron chi connectivity index (χ3n) is 3.06. The molecule has 1 heterocycles. The maximum atomic E-state index is 3.42. The van der Waals surface area contributed by atoms with Gasteiger partial charge in [-0.05, 0) is 49.5 Å². The first-order valence-corrected chi connectivity index (χ1v) is 7.11. The Kier molecular flexibility index (Phi) is 4.30. The molecule has 88 valence electrons. The van der Waals surface area contributed by atoms with Gasteiger partial charge in [-0.2, -0.15) is 0 Å². The molecule has 0 spiro atoms. The van der Waals surface area contributed by atoms with Gasteiger partial charge in [-0.25, -0.2) is 0 Å². The zero-order valence-corrected chi connectivity index (χ0v) is 11.0. The Morgan fingerprint density at radius 3 is 2.31 bits per heavy atom. The highest BCUT2D eigenvalue weighted by atomic mass is 32.2. The van der Waals surface area contributed by atoms with Crippen molar-refractivity contribution in [1.29, 1.82) is 0 Å². The van der Waals surface area contributed by atoms with E-state index in [1.54, 1.807) is 0 Å². The third kappa shape index (κ3) is 3.26. The van der Waals surface area contributed by atoms with Gasteiger partial charge < -0.3 is 5.32 Å². The normalized spacial score (nSPS) is 17.9. The van der Waals surface area contributed by atoms with Crippen molar-refractivity contribution in [2.24, 2.45) is 0 Å². The summed E-state index contributed by atoms with van der Waals surface area (Å²) in [6.07, 6.45) is 2.58. The van der Waals surface area contributed by atoms with E-state index in [4.69, 9.17) is 0 Å². The van der Waals surface area contributed by atoms with Crippen LogP contribution in [-0.2, 0) is 0 Å². The standard InChI is InChI=1S/C14H21NS/c1-11(2)16-14-5-3-12(4-6-14)13-7-9-15-10-8-13/h3-6,11,13,15H,7-10H2,1-2H3. The smallest absolute Gasteiger partial charge is 0.00747 e. The minimum atomic E-state index is 0.671. The van der Waals surface area contributed by atoms with E-state index in [0.717, 1.165) is 5.92 Å². The zero-order chi connectivity index (χ0) is 11.4. The Morgan fingerprint density at radius 1 is 1.12 bits per heavy atom. The molecule has 1 aliphatic rings. The van der Waals surface area contributed by atoms with Gasteiger partial charge in [-0.3, -0.25) is 0 Å². The molecule has 0 aliphatic carbocycles. The molecule has 0 aromatic heterocycles. The van der Waals surface area contributed by atoms with Gasteiger partial charge in [0, 0.05) is 10.1 Å². The molecule has 16 heavy (non-hydrogen) atoms. The van der Waals surface area contributed by atoms with Crippen LogP contribution in [0.25, 0.3) is 0 Å². The maximum Gasteiger partial charge on any atom is 0.00747 e. The van der Waals surface area contributed by atoms with Crippen molar-refractivity contribution in [3.63, 3.8) is 0 Å². The molecule has 1 N–H and O–H groups in total. The summed E-state index contributed by atoms with van der Waals surface area (Å²) < 4.78 is 0. The molecular formula is C14H21NS. The van der Waals surface area contributed by atoms with Gasteiger partial charge in [0.1, 0.15) is 0 Å². The monoisotopic (exact) mass is 235 g/mol. The van der Waals surface area contributed by atoms with Crippen LogP contribution in [0.2, 0.25) is 0 Å². The fourth-order valence-corrected chi connectivity index (χ4v) is 3.08. The van der Waals surface area contributed by atoms with E-state index >= 15 is 0 Å². The number of hydrogen-bond acceptors (Lipinski definition) is 2. The van der Waals surface area contributed by atoms with Gasteiger partial charge in [0.15, 0.2) is 0 Å². The van der Waals surface area contributed by atoms with Crippen LogP contribution in [0, 0.1) is 0 Å². The molecule has 2 rings (SSSR count). The summed E-state index contributed by atoms with van der Waals surface area (Å²) in [4.78, 5) is 1.40. The lowest BCUT2D eigenvalue weighted by Gasteiger charge is -2.23. The average molecular weight is 235 g/mol. The highest BCUT2D eigenvalue weighted by molar-refractivity contribution is 7.99. The lowest BCUT2D eigenvalue weighted by molar-refractivity contribution is 0.460. The van der Waals surface area contributed by atoms with Gasteiger partial charge in [0.25, 0.3) is 0 Å². The summed E-state index contributed by atoms with van der Waals surface area (Å²) in [5.41, 5.74) is 1.52. The Bertz CT molecular complexity index is 312. The van der Waals surface area contributed by atoms with E-state index in [-0.39, 0.29) is 0 Å². The summed E-state index contributed by atoms with van der Waals surface area (Å²) in [6.45, 7) is 6.83. The molecule has 1 aromatic carbocycles. The van der Waals surface area contributed by atoms with E-state index in [0.29, 0.717) is 5.25 Å². The number of nitrogens with one attached hydrogen (secondary N) is 1. The van der Waals surface area contributed by atoms with E-state index in [1.165, 1.54) is 36.4 Å². The van der Waals surface area contributed by atoms with Gasteiger partial charge >= 0.3 is 0 Å².